The Morgan fingerprint density at radius 3 is 2.45 bits per heavy atom. The van der Waals surface area contributed by atoms with E-state index in [1.165, 1.54) is 12.0 Å². The number of hydrogen-bond acceptors (Lipinski definition) is 5. The normalized spacial score (nSPS) is 17.1. The van der Waals surface area contributed by atoms with Crippen LogP contribution in [0.5, 0.6) is 5.75 Å². The second kappa shape index (κ2) is 10.1. The maximum absolute atomic E-state index is 13.2. The summed E-state index contributed by atoms with van der Waals surface area (Å²) in [5, 5.41) is 0.794. The van der Waals surface area contributed by atoms with Gasteiger partial charge in [-0.25, -0.2) is 9.97 Å². The van der Waals surface area contributed by atoms with E-state index in [0.29, 0.717) is 12.8 Å². The molecule has 2 heterocycles. The second-order valence-corrected chi connectivity index (χ2v) is 8.36. The zero-order chi connectivity index (χ0) is 20.8. The molecule has 1 saturated heterocycles. The van der Waals surface area contributed by atoms with Crippen molar-refractivity contribution in [3.05, 3.63) is 46.8 Å². The van der Waals surface area contributed by atoms with Gasteiger partial charge < -0.3 is 9.64 Å². The molecule has 0 bridgehead atoms. The van der Waals surface area contributed by atoms with Crippen molar-refractivity contribution in [3.8, 4) is 5.75 Å². The first-order valence-corrected chi connectivity index (χ1v) is 11.6. The molecular weight excluding hydrogens is 382 g/mol. The third kappa shape index (κ3) is 5.30. The van der Waals surface area contributed by atoms with Crippen molar-refractivity contribution >= 4 is 17.7 Å². The summed E-state index contributed by atoms with van der Waals surface area (Å²) in [4.78, 5) is 24.4. The van der Waals surface area contributed by atoms with E-state index in [0.717, 1.165) is 53.7 Å². The molecule has 0 spiro atoms. The Labute approximate surface area is 178 Å². The predicted molar refractivity (Wildman–Crippen MR) is 118 cm³/mol. The molecule has 1 amide bonds. The first kappa shape index (κ1) is 21.6. The maximum Gasteiger partial charge on any atom is 0.223 e. The van der Waals surface area contributed by atoms with Crippen LogP contribution in [0.1, 0.15) is 60.7 Å². The van der Waals surface area contributed by atoms with Crippen LogP contribution in [0.3, 0.4) is 0 Å². The van der Waals surface area contributed by atoms with Gasteiger partial charge in [0.2, 0.25) is 5.91 Å². The zero-order valence-corrected chi connectivity index (χ0v) is 18.7. The average molecular weight is 414 g/mol. The van der Waals surface area contributed by atoms with Crippen LogP contribution in [0.2, 0.25) is 0 Å². The highest BCUT2D eigenvalue weighted by molar-refractivity contribution is 7.98. The van der Waals surface area contributed by atoms with E-state index in [9.17, 15) is 4.79 Å². The fourth-order valence-corrected chi connectivity index (χ4v) is 4.57. The van der Waals surface area contributed by atoms with E-state index >= 15 is 0 Å². The van der Waals surface area contributed by atoms with Crippen LogP contribution in [0.15, 0.2) is 29.4 Å². The molecule has 3 rings (SSSR count). The van der Waals surface area contributed by atoms with Crippen LogP contribution in [-0.2, 0) is 11.2 Å². The summed E-state index contributed by atoms with van der Waals surface area (Å²) < 4.78 is 5.29. The Morgan fingerprint density at radius 2 is 1.83 bits per heavy atom. The van der Waals surface area contributed by atoms with Crippen LogP contribution in [0.25, 0.3) is 0 Å². The molecule has 6 heteroatoms. The van der Waals surface area contributed by atoms with Gasteiger partial charge >= 0.3 is 0 Å². The van der Waals surface area contributed by atoms with Gasteiger partial charge in [-0.1, -0.05) is 36.7 Å². The van der Waals surface area contributed by atoms with Crippen molar-refractivity contribution in [2.75, 3.05) is 19.9 Å². The Hall–Kier alpha value is -2.08. The number of aryl methyl sites for hydroxylation is 2. The minimum absolute atomic E-state index is 0.146. The number of thioether (sulfide) groups is 1. The summed E-state index contributed by atoms with van der Waals surface area (Å²) in [6.45, 7) is 4.86. The highest BCUT2D eigenvalue weighted by Crippen LogP contribution is 2.32. The molecule has 0 saturated carbocycles. The van der Waals surface area contributed by atoms with Crippen molar-refractivity contribution in [1.29, 1.82) is 0 Å². The molecule has 1 aliphatic rings. The van der Waals surface area contributed by atoms with E-state index in [-0.39, 0.29) is 11.9 Å². The van der Waals surface area contributed by atoms with Crippen LogP contribution < -0.4 is 4.74 Å². The second-order valence-electron chi connectivity index (χ2n) is 7.59. The molecule has 1 unspecified atom stereocenters. The molecule has 29 heavy (non-hydrogen) atoms. The number of hydrogen-bond donors (Lipinski definition) is 0. The van der Waals surface area contributed by atoms with Crippen LogP contribution >= 0.6 is 11.8 Å². The first-order chi connectivity index (χ1) is 14.0. The maximum atomic E-state index is 13.2. The zero-order valence-electron chi connectivity index (χ0n) is 17.9. The highest BCUT2D eigenvalue weighted by Gasteiger charge is 2.27. The van der Waals surface area contributed by atoms with Gasteiger partial charge in [0, 0.05) is 24.4 Å². The van der Waals surface area contributed by atoms with Gasteiger partial charge in [-0.3, -0.25) is 4.79 Å². The topological polar surface area (TPSA) is 55.3 Å². The van der Waals surface area contributed by atoms with E-state index in [1.807, 2.05) is 32.2 Å². The SMILES string of the molecule is COc1ccc(C2CCCCCN2C(=O)CCc2c(C)nc(SC)nc2C)cc1. The van der Waals surface area contributed by atoms with Crippen molar-refractivity contribution in [2.24, 2.45) is 0 Å². The first-order valence-electron chi connectivity index (χ1n) is 10.3. The summed E-state index contributed by atoms with van der Waals surface area (Å²) in [5.74, 6) is 1.07. The summed E-state index contributed by atoms with van der Waals surface area (Å²) >= 11 is 1.55. The van der Waals surface area contributed by atoms with Gasteiger partial charge in [0.1, 0.15) is 5.75 Å². The average Bonchev–Trinajstić information content (AvgIpc) is 2.99. The Kier molecular flexibility index (Phi) is 7.53. The molecule has 0 N–H and O–H groups in total. The monoisotopic (exact) mass is 413 g/mol. The van der Waals surface area contributed by atoms with E-state index < -0.39 is 0 Å². The number of likely N-dealkylation sites (tertiary alicyclic amines) is 1. The molecule has 1 fully saturated rings. The number of ether oxygens (including phenoxy) is 1. The Balaban J connectivity index is 1.74. The lowest BCUT2D eigenvalue weighted by Gasteiger charge is -2.31. The number of nitrogens with zero attached hydrogens (tertiary/aromatic N) is 3. The van der Waals surface area contributed by atoms with Crippen LogP contribution in [0.4, 0.5) is 0 Å². The third-order valence-electron chi connectivity index (χ3n) is 5.75. The molecule has 1 aromatic heterocycles. The molecule has 2 aromatic rings. The smallest absolute Gasteiger partial charge is 0.223 e. The Morgan fingerprint density at radius 1 is 1.14 bits per heavy atom. The predicted octanol–water partition coefficient (Wildman–Crippen LogP) is 4.90. The number of rotatable bonds is 6. The summed E-state index contributed by atoms with van der Waals surface area (Å²) in [5.41, 5.74) is 4.27. The van der Waals surface area contributed by atoms with Gasteiger partial charge in [-0.2, -0.15) is 0 Å². The number of benzene rings is 1. The lowest BCUT2D eigenvalue weighted by Crippen LogP contribution is -2.35. The molecular formula is C23H31N3O2S. The van der Waals surface area contributed by atoms with Crippen molar-refractivity contribution in [3.63, 3.8) is 0 Å². The molecule has 1 aromatic carbocycles. The lowest BCUT2D eigenvalue weighted by molar-refractivity contribution is -0.133. The quantitative estimate of drug-likeness (QED) is 0.498. The number of methoxy groups -OCH3 is 1. The standard InChI is InChI=1S/C23H31N3O2S/c1-16-20(17(2)25-23(24-16)29-4)13-14-22(27)26-15-7-5-6-8-21(26)18-9-11-19(28-3)12-10-18/h9-12,21H,5-8,13-15H2,1-4H3. The Bertz CT molecular complexity index is 816. The molecule has 0 radical (unpaired) electrons. The number of aromatic nitrogens is 2. The van der Waals surface area contributed by atoms with Gasteiger partial charge in [0.05, 0.1) is 13.2 Å². The summed E-state index contributed by atoms with van der Waals surface area (Å²) in [7, 11) is 1.68. The summed E-state index contributed by atoms with van der Waals surface area (Å²) in [6, 6.07) is 8.31. The van der Waals surface area contributed by atoms with Crippen LogP contribution in [-0.4, -0.2) is 40.7 Å². The van der Waals surface area contributed by atoms with Crippen molar-refractivity contribution < 1.29 is 9.53 Å². The van der Waals surface area contributed by atoms with Crippen molar-refractivity contribution in [1.82, 2.24) is 14.9 Å². The van der Waals surface area contributed by atoms with Gasteiger partial charge in [0.25, 0.3) is 0 Å². The van der Waals surface area contributed by atoms with Crippen molar-refractivity contribution in [2.45, 2.75) is 63.6 Å². The molecule has 0 aliphatic carbocycles. The molecule has 1 atom stereocenters. The van der Waals surface area contributed by atoms with Crippen LogP contribution in [0, 0.1) is 13.8 Å². The fraction of sp³-hybridized carbons (Fsp3) is 0.522. The largest absolute Gasteiger partial charge is 0.497 e. The lowest BCUT2D eigenvalue weighted by atomic mass is 9.99. The third-order valence-corrected chi connectivity index (χ3v) is 6.29. The van der Waals surface area contributed by atoms with E-state index in [1.54, 1.807) is 18.9 Å². The number of carbonyl (C=O) groups excluding carboxylic acids is 1. The summed E-state index contributed by atoms with van der Waals surface area (Å²) in [6.07, 6.45) is 7.59. The number of carbonyl (C=O) groups is 1. The fourth-order valence-electron chi connectivity index (χ4n) is 4.12. The minimum Gasteiger partial charge on any atom is -0.497 e. The van der Waals surface area contributed by atoms with E-state index in [4.69, 9.17) is 4.74 Å². The molecule has 5 nitrogen and oxygen atoms in total. The van der Waals surface area contributed by atoms with Gasteiger partial charge in [-0.05, 0) is 62.6 Å². The minimum atomic E-state index is 0.146. The van der Waals surface area contributed by atoms with Gasteiger partial charge in [0.15, 0.2) is 5.16 Å². The molecule has 156 valence electrons. The highest BCUT2D eigenvalue weighted by atomic mass is 32.2. The van der Waals surface area contributed by atoms with E-state index in [2.05, 4.69) is 27.0 Å². The molecule has 1 aliphatic heterocycles. The number of amides is 1. The van der Waals surface area contributed by atoms with Gasteiger partial charge in [-0.15, -0.1) is 0 Å².